The number of hydrogen-bond donors (Lipinski definition) is 0. The van der Waals surface area contributed by atoms with E-state index in [-0.39, 0.29) is 0 Å². The van der Waals surface area contributed by atoms with E-state index in [9.17, 15) is 0 Å². The summed E-state index contributed by atoms with van der Waals surface area (Å²) < 4.78 is 0. The smallest absolute Gasteiger partial charge is 0.00857 e. The van der Waals surface area contributed by atoms with Crippen molar-refractivity contribution in [1.82, 2.24) is 0 Å². The molecular formula is C13H26S. The summed E-state index contributed by atoms with van der Waals surface area (Å²) in [5.74, 6) is 0. The van der Waals surface area contributed by atoms with Crippen LogP contribution in [0.1, 0.15) is 65.7 Å². The normalized spacial score (nSPS) is 13.6. The van der Waals surface area contributed by atoms with E-state index >= 15 is 0 Å². The van der Waals surface area contributed by atoms with Gasteiger partial charge in [0, 0.05) is 5.25 Å². The summed E-state index contributed by atoms with van der Waals surface area (Å²) >= 11 is 2.00. The molecule has 1 unspecified atom stereocenters. The van der Waals surface area contributed by atoms with Crippen molar-refractivity contribution in [2.45, 2.75) is 71.0 Å². The maximum absolute atomic E-state index is 2.30. The van der Waals surface area contributed by atoms with Gasteiger partial charge in [-0.3, -0.25) is 0 Å². The molecule has 0 saturated carbocycles. The van der Waals surface area contributed by atoms with E-state index in [1.54, 1.807) is 0 Å². The first-order valence-electron chi connectivity index (χ1n) is 6.11. The van der Waals surface area contributed by atoms with Gasteiger partial charge in [0.25, 0.3) is 0 Å². The minimum atomic E-state index is 0.854. The van der Waals surface area contributed by atoms with Crippen molar-refractivity contribution in [3.8, 4) is 0 Å². The van der Waals surface area contributed by atoms with Crippen LogP contribution in [0.4, 0.5) is 0 Å². The topological polar surface area (TPSA) is 0 Å². The second-order valence-electron chi connectivity index (χ2n) is 3.84. The zero-order valence-electron chi connectivity index (χ0n) is 10.1. The molecular weight excluding hydrogens is 188 g/mol. The van der Waals surface area contributed by atoms with E-state index in [1.807, 2.05) is 11.8 Å². The van der Waals surface area contributed by atoms with E-state index in [4.69, 9.17) is 0 Å². The minimum absolute atomic E-state index is 0.854. The van der Waals surface area contributed by atoms with Crippen LogP contribution in [0.5, 0.6) is 0 Å². The average molecular weight is 214 g/mol. The summed E-state index contributed by atoms with van der Waals surface area (Å²) in [6.07, 6.45) is 11.9. The molecule has 0 heterocycles. The zero-order chi connectivity index (χ0) is 10.6. The zero-order valence-corrected chi connectivity index (χ0v) is 10.9. The third kappa shape index (κ3) is 8.68. The molecule has 0 spiro atoms. The first-order valence-corrected chi connectivity index (χ1v) is 7.06. The highest BCUT2D eigenvalue weighted by molar-refractivity contribution is 8.02. The van der Waals surface area contributed by atoms with Gasteiger partial charge in [-0.15, -0.1) is 11.8 Å². The van der Waals surface area contributed by atoms with Crippen molar-refractivity contribution in [3.63, 3.8) is 0 Å². The summed E-state index contributed by atoms with van der Waals surface area (Å²) in [5, 5.41) is 3.09. The van der Waals surface area contributed by atoms with Crippen molar-refractivity contribution in [2.75, 3.05) is 0 Å². The second-order valence-corrected chi connectivity index (χ2v) is 5.05. The van der Waals surface area contributed by atoms with Crippen molar-refractivity contribution in [1.29, 1.82) is 0 Å². The monoisotopic (exact) mass is 214 g/mol. The maximum Gasteiger partial charge on any atom is 0.00857 e. The van der Waals surface area contributed by atoms with Crippen LogP contribution in [0, 0.1) is 0 Å². The molecule has 0 nitrogen and oxygen atoms in total. The van der Waals surface area contributed by atoms with E-state index in [0.717, 1.165) is 5.25 Å². The molecule has 1 atom stereocenters. The molecule has 0 radical (unpaired) electrons. The molecule has 0 bridgehead atoms. The van der Waals surface area contributed by atoms with Gasteiger partial charge in [-0.2, -0.15) is 0 Å². The van der Waals surface area contributed by atoms with E-state index < -0.39 is 0 Å². The Labute approximate surface area is 94.6 Å². The highest BCUT2D eigenvalue weighted by Crippen LogP contribution is 2.22. The molecule has 84 valence electrons. The molecule has 0 fully saturated rings. The molecule has 0 saturated heterocycles. The van der Waals surface area contributed by atoms with Crippen LogP contribution >= 0.6 is 11.8 Å². The lowest BCUT2D eigenvalue weighted by molar-refractivity contribution is 0.592. The van der Waals surface area contributed by atoms with Crippen molar-refractivity contribution >= 4 is 11.8 Å². The molecule has 0 aliphatic carbocycles. The quantitative estimate of drug-likeness (QED) is 0.464. The second kappa shape index (κ2) is 11.2. The molecule has 0 N–H and O–H groups in total. The largest absolute Gasteiger partial charge is 0.131 e. The molecule has 0 aromatic heterocycles. The lowest BCUT2D eigenvalue weighted by Crippen LogP contribution is -1.98. The van der Waals surface area contributed by atoms with Gasteiger partial charge in [0.15, 0.2) is 0 Å². The van der Waals surface area contributed by atoms with Gasteiger partial charge in [-0.1, -0.05) is 52.0 Å². The Kier molecular flexibility index (Phi) is 11.2. The Bertz CT molecular complexity index is 129. The molecule has 0 amide bonds. The number of rotatable bonds is 9. The summed E-state index contributed by atoms with van der Waals surface area (Å²) in [6, 6.07) is 0. The first kappa shape index (κ1) is 14.1. The fraction of sp³-hybridized carbons (Fsp3) is 0.846. The molecule has 14 heavy (non-hydrogen) atoms. The van der Waals surface area contributed by atoms with Crippen LogP contribution in [-0.4, -0.2) is 5.25 Å². The number of hydrogen-bond acceptors (Lipinski definition) is 1. The lowest BCUT2D eigenvalue weighted by Gasteiger charge is -2.11. The van der Waals surface area contributed by atoms with Gasteiger partial charge in [-0.25, -0.2) is 0 Å². The van der Waals surface area contributed by atoms with Crippen LogP contribution in [0.15, 0.2) is 11.5 Å². The number of thioether (sulfide) groups is 1. The average Bonchev–Trinajstić information content (AvgIpc) is 2.22. The van der Waals surface area contributed by atoms with Crippen LogP contribution in [0.25, 0.3) is 0 Å². The minimum Gasteiger partial charge on any atom is -0.131 e. The van der Waals surface area contributed by atoms with Crippen LogP contribution < -0.4 is 0 Å². The third-order valence-electron chi connectivity index (χ3n) is 2.49. The van der Waals surface area contributed by atoms with Crippen LogP contribution in [0.2, 0.25) is 0 Å². The van der Waals surface area contributed by atoms with Crippen molar-refractivity contribution < 1.29 is 0 Å². The highest BCUT2D eigenvalue weighted by atomic mass is 32.2. The number of unbranched alkanes of at least 4 members (excludes halogenated alkanes) is 4. The molecule has 0 rings (SSSR count). The van der Waals surface area contributed by atoms with Gasteiger partial charge in [0.1, 0.15) is 0 Å². The summed E-state index contributed by atoms with van der Waals surface area (Å²) in [4.78, 5) is 0. The highest BCUT2D eigenvalue weighted by Gasteiger charge is 2.03. The van der Waals surface area contributed by atoms with Gasteiger partial charge < -0.3 is 0 Å². The molecule has 0 aromatic rings. The Morgan fingerprint density at radius 2 is 1.79 bits per heavy atom. The number of allylic oxidation sites excluding steroid dienone is 1. The van der Waals surface area contributed by atoms with Crippen molar-refractivity contribution in [2.24, 2.45) is 0 Å². The van der Waals surface area contributed by atoms with Crippen LogP contribution in [-0.2, 0) is 0 Å². The van der Waals surface area contributed by atoms with Gasteiger partial charge >= 0.3 is 0 Å². The predicted molar refractivity (Wildman–Crippen MR) is 69.9 cm³/mol. The van der Waals surface area contributed by atoms with E-state index in [1.165, 1.54) is 44.9 Å². The predicted octanol–water partition coefficient (Wildman–Crippen LogP) is 5.39. The maximum atomic E-state index is 2.30. The van der Waals surface area contributed by atoms with Crippen LogP contribution in [0.3, 0.4) is 0 Å². The summed E-state index contributed by atoms with van der Waals surface area (Å²) in [6.45, 7) is 6.67. The van der Waals surface area contributed by atoms with Gasteiger partial charge in [0.2, 0.25) is 0 Å². The summed E-state index contributed by atoms with van der Waals surface area (Å²) in [5.41, 5.74) is 0. The Balaban J connectivity index is 3.33. The van der Waals surface area contributed by atoms with E-state index in [2.05, 4.69) is 32.3 Å². The first-order chi connectivity index (χ1) is 6.85. The summed E-state index contributed by atoms with van der Waals surface area (Å²) in [7, 11) is 0. The SMILES string of the molecule is CC=CSC(CC)CCCCCCC. The molecule has 0 aromatic carbocycles. The molecule has 1 heteroatoms. The Morgan fingerprint density at radius 3 is 2.36 bits per heavy atom. The third-order valence-corrected chi connectivity index (χ3v) is 3.88. The van der Waals surface area contributed by atoms with Gasteiger partial charge in [-0.05, 0) is 25.2 Å². The molecule has 0 aliphatic heterocycles. The fourth-order valence-corrected chi connectivity index (χ4v) is 2.41. The standard InChI is InChI=1S/C13H26S/c1-4-7-8-9-10-11-13(6-3)14-12-5-2/h5,12-13H,4,6-11H2,1-3H3. The fourth-order valence-electron chi connectivity index (χ4n) is 1.53. The molecule has 0 aliphatic rings. The van der Waals surface area contributed by atoms with E-state index in [0.29, 0.717) is 0 Å². The van der Waals surface area contributed by atoms with Gasteiger partial charge in [0.05, 0.1) is 0 Å². The van der Waals surface area contributed by atoms with Crippen molar-refractivity contribution in [3.05, 3.63) is 11.5 Å². The Hall–Kier alpha value is 0.0900. The Morgan fingerprint density at radius 1 is 1.07 bits per heavy atom. The lowest BCUT2D eigenvalue weighted by atomic mass is 10.1.